The minimum Gasteiger partial charge on any atom is -0.490 e. The fourth-order valence-corrected chi connectivity index (χ4v) is 5.92. The predicted molar refractivity (Wildman–Crippen MR) is 112 cm³/mol. The van der Waals surface area contributed by atoms with Crippen LogP contribution in [0.25, 0.3) is 0 Å². The van der Waals surface area contributed by atoms with Gasteiger partial charge in [-0.25, -0.2) is 9.48 Å². The standard InChI is InChI=1S/C17H16N8O7S2/c1-24-16(20-22-23-24)34-6-7-5-33-15-17(31-2,14(30)25(15)11(7)13(28)29)19-10(26)3-9-8(4-18)12(27)21-32-9/h15H,3,5-6H2,1-2H3,(H,19,26)(H,21,27)(H,28,29)/t15-,17+/m1/s1. The normalized spacial score (nSPS) is 21.6. The number of aliphatic carboxylic acids is 1. The number of hydrogen-bond acceptors (Lipinski definition) is 13. The second kappa shape index (κ2) is 8.96. The molecule has 2 amide bonds. The number of fused-ring (bicyclic) bond motifs is 1. The number of hydrogen-bond donors (Lipinski definition) is 3. The zero-order valence-electron chi connectivity index (χ0n) is 17.6. The molecule has 2 aliphatic rings. The summed E-state index contributed by atoms with van der Waals surface area (Å²) in [6, 6.07) is 1.67. The highest BCUT2D eigenvalue weighted by Gasteiger charge is 2.66. The molecule has 4 heterocycles. The van der Waals surface area contributed by atoms with Gasteiger partial charge in [-0.2, -0.15) is 5.26 Å². The lowest BCUT2D eigenvalue weighted by Crippen LogP contribution is -2.80. The third-order valence-corrected chi connectivity index (χ3v) is 7.56. The van der Waals surface area contributed by atoms with Crippen molar-refractivity contribution < 1.29 is 33.9 Å². The van der Waals surface area contributed by atoms with Crippen molar-refractivity contribution in [2.24, 2.45) is 7.05 Å². The maximum atomic E-state index is 13.1. The summed E-state index contributed by atoms with van der Waals surface area (Å²) in [7, 11) is 2.86. The first-order valence-corrected chi connectivity index (χ1v) is 11.5. The van der Waals surface area contributed by atoms with E-state index in [2.05, 4.69) is 26.0 Å². The number of carboxylic acid groups (broad SMARTS) is 1. The van der Waals surface area contributed by atoms with E-state index in [9.17, 15) is 24.6 Å². The van der Waals surface area contributed by atoms with Crippen LogP contribution < -0.4 is 5.32 Å². The second-order valence-corrected chi connectivity index (χ2v) is 9.06. The van der Waals surface area contributed by atoms with E-state index in [-0.39, 0.29) is 28.5 Å². The van der Waals surface area contributed by atoms with Gasteiger partial charge < -0.3 is 24.8 Å². The SMILES string of the molecule is CO[C@@]1(NC(=O)Cc2onc(O)c2C#N)C(=O)N2C(C(=O)O)=C(CSc3nnnn3C)CS[C@@H]21. The van der Waals surface area contributed by atoms with Gasteiger partial charge in [-0.15, -0.1) is 16.9 Å². The van der Waals surface area contributed by atoms with E-state index in [1.807, 2.05) is 0 Å². The van der Waals surface area contributed by atoms with E-state index < -0.39 is 41.2 Å². The number of nitriles is 1. The number of ether oxygens (including phenoxy) is 1. The number of carboxylic acids is 1. The van der Waals surface area contributed by atoms with Crippen LogP contribution in [-0.2, 0) is 32.6 Å². The van der Waals surface area contributed by atoms with Crippen molar-refractivity contribution in [1.82, 2.24) is 35.6 Å². The van der Waals surface area contributed by atoms with Gasteiger partial charge in [0.05, 0.1) is 6.42 Å². The second-order valence-electron chi connectivity index (χ2n) is 7.05. The number of thioether (sulfide) groups is 2. The quantitative estimate of drug-likeness (QED) is 0.218. The molecule has 17 heteroatoms. The van der Waals surface area contributed by atoms with Crippen LogP contribution in [0.1, 0.15) is 11.3 Å². The molecule has 3 N–H and O–H groups in total. The lowest BCUT2D eigenvalue weighted by atomic mass is 9.98. The van der Waals surface area contributed by atoms with Gasteiger partial charge in [0.15, 0.2) is 11.3 Å². The largest absolute Gasteiger partial charge is 0.490 e. The topological polar surface area (TPSA) is 210 Å². The molecular weight excluding hydrogens is 492 g/mol. The van der Waals surface area contributed by atoms with Crippen molar-refractivity contribution in [1.29, 1.82) is 5.26 Å². The van der Waals surface area contributed by atoms with E-state index >= 15 is 0 Å². The number of nitrogens with zero attached hydrogens (tertiary/aromatic N) is 7. The summed E-state index contributed by atoms with van der Waals surface area (Å²) in [6.07, 6.45) is -0.499. The average molecular weight is 508 g/mol. The van der Waals surface area contributed by atoms with Gasteiger partial charge in [-0.3, -0.25) is 14.5 Å². The van der Waals surface area contributed by atoms with E-state index in [0.717, 1.165) is 4.90 Å². The van der Waals surface area contributed by atoms with E-state index in [0.29, 0.717) is 10.7 Å². The van der Waals surface area contributed by atoms with Crippen molar-refractivity contribution in [2.45, 2.75) is 22.7 Å². The molecule has 1 saturated heterocycles. The molecule has 0 spiro atoms. The van der Waals surface area contributed by atoms with Gasteiger partial charge in [0, 0.05) is 25.7 Å². The van der Waals surface area contributed by atoms with Crippen LogP contribution in [0, 0.1) is 11.3 Å². The Morgan fingerprint density at radius 3 is 2.88 bits per heavy atom. The fraction of sp³-hybridized carbons (Fsp3) is 0.412. The highest BCUT2D eigenvalue weighted by molar-refractivity contribution is 8.01. The number of tetrazole rings is 1. The predicted octanol–water partition coefficient (Wildman–Crippen LogP) is -1.18. The first-order chi connectivity index (χ1) is 16.2. The summed E-state index contributed by atoms with van der Waals surface area (Å²) in [5, 5.41) is 44.8. The van der Waals surface area contributed by atoms with Gasteiger partial charge in [0.2, 0.25) is 11.1 Å². The van der Waals surface area contributed by atoms with Gasteiger partial charge in [-0.05, 0) is 21.2 Å². The minimum atomic E-state index is -1.82. The number of β-lactam (4-membered cyclic amide) rings is 1. The Morgan fingerprint density at radius 2 is 2.26 bits per heavy atom. The Bertz CT molecular complexity index is 1250. The van der Waals surface area contributed by atoms with Crippen LogP contribution in [-0.4, -0.2) is 88.0 Å². The Kier molecular flexibility index (Phi) is 6.20. The first-order valence-electron chi connectivity index (χ1n) is 9.43. The van der Waals surface area contributed by atoms with Crippen molar-refractivity contribution in [3.05, 3.63) is 22.6 Å². The molecule has 0 aromatic carbocycles. The van der Waals surface area contributed by atoms with Crippen LogP contribution in [0.3, 0.4) is 0 Å². The van der Waals surface area contributed by atoms with Gasteiger partial charge >= 0.3 is 5.97 Å². The number of amides is 2. The lowest BCUT2D eigenvalue weighted by molar-refractivity contribution is -0.192. The Morgan fingerprint density at radius 1 is 1.50 bits per heavy atom. The Labute approximate surface area is 199 Å². The van der Waals surface area contributed by atoms with E-state index in [1.165, 1.54) is 35.3 Å². The van der Waals surface area contributed by atoms with E-state index in [4.69, 9.17) is 14.5 Å². The van der Waals surface area contributed by atoms with Crippen LogP contribution >= 0.6 is 23.5 Å². The highest BCUT2D eigenvalue weighted by atomic mass is 32.2. The molecule has 1 fully saturated rings. The molecule has 0 aliphatic carbocycles. The molecule has 34 heavy (non-hydrogen) atoms. The summed E-state index contributed by atoms with van der Waals surface area (Å²) >= 11 is 2.45. The van der Waals surface area contributed by atoms with Crippen molar-refractivity contribution in [3.63, 3.8) is 0 Å². The maximum Gasteiger partial charge on any atom is 0.352 e. The van der Waals surface area contributed by atoms with Crippen LogP contribution in [0.4, 0.5) is 0 Å². The van der Waals surface area contributed by atoms with Crippen molar-refractivity contribution in [2.75, 3.05) is 18.6 Å². The third-order valence-electron chi connectivity index (χ3n) is 5.09. The number of methoxy groups -OCH3 is 1. The molecule has 2 aromatic rings. The molecule has 0 radical (unpaired) electrons. The number of nitrogens with one attached hydrogen (secondary N) is 1. The molecule has 15 nitrogen and oxygen atoms in total. The number of aromatic hydroxyl groups is 1. The van der Waals surface area contributed by atoms with E-state index in [1.54, 1.807) is 13.1 Å². The van der Waals surface area contributed by atoms with Gasteiger partial charge in [-0.1, -0.05) is 11.8 Å². The first kappa shape index (κ1) is 23.5. The maximum absolute atomic E-state index is 13.1. The average Bonchev–Trinajstić information content (AvgIpc) is 3.38. The smallest absolute Gasteiger partial charge is 0.352 e. The molecule has 0 unspecified atom stereocenters. The summed E-state index contributed by atoms with van der Waals surface area (Å²) in [4.78, 5) is 38.9. The number of aryl methyl sites for hydroxylation is 1. The summed E-state index contributed by atoms with van der Waals surface area (Å²) in [5.74, 6) is -3.16. The van der Waals surface area contributed by atoms with Gasteiger partial charge in [0.25, 0.3) is 17.5 Å². The third kappa shape index (κ3) is 3.74. The van der Waals surface area contributed by atoms with Crippen LogP contribution in [0.2, 0.25) is 0 Å². The zero-order chi connectivity index (χ0) is 24.6. The van der Waals surface area contributed by atoms with Crippen LogP contribution in [0.5, 0.6) is 5.88 Å². The molecule has 178 valence electrons. The molecule has 4 rings (SSSR count). The molecule has 2 aromatic heterocycles. The molecule has 0 bridgehead atoms. The molecule has 2 aliphatic heterocycles. The number of carbonyl (C=O) groups is 3. The molecule has 2 atom stereocenters. The summed E-state index contributed by atoms with van der Waals surface area (Å²) < 4.78 is 11.6. The lowest BCUT2D eigenvalue weighted by Gasteiger charge is -2.55. The van der Waals surface area contributed by atoms with Crippen molar-refractivity contribution >= 4 is 41.3 Å². The van der Waals surface area contributed by atoms with Crippen LogP contribution in [0.15, 0.2) is 20.9 Å². The minimum absolute atomic E-state index is 0.188. The van der Waals surface area contributed by atoms with Crippen molar-refractivity contribution in [3.8, 4) is 11.9 Å². The number of rotatable bonds is 8. The monoisotopic (exact) mass is 508 g/mol. The number of aromatic nitrogens is 5. The Balaban J connectivity index is 1.53. The fourth-order valence-electron chi connectivity index (χ4n) is 3.49. The summed E-state index contributed by atoms with van der Waals surface area (Å²) in [6.45, 7) is 0. The molecule has 0 saturated carbocycles. The summed E-state index contributed by atoms with van der Waals surface area (Å²) in [5.41, 5.74) is -1.82. The highest BCUT2D eigenvalue weighted by Crippen LogP contribution is 2.47. The molecular formula is C17H16N8O7S2. The Hall–Kier alpha value is -3.62. The van der Waals surface area contributed by atoms with Gasteiger partial charge in [0.1, 0.15) is 17.1 Å². The zero-order valence-corrected chi connectivity index (χ0v) is 19.2. The number of carbonyl (C=O) groups excluding carboxylic acids is 2.